The summed E-state index contributed by atoms with van der Waals surface area (Å²) in [5.74, 6) is -0.160. The van der Waals surface area contributed by atoms with Crippen LogP contribution < -0.4 is 11.1 Å². The molecule has 2 rings (SSSR count). The largest absolute Gasteiger partial charge is 0.399 e. The van der Waals surface area contributed by atoms with E-state index in [-0.39, 0.29) is 11.5 Å². The number of nitrogen functional groups attached to an aromatic ring is 1. The van der Waals surface area contributed by atoms with Gasteiger partial charge in [-0.3, -0.25) is 4.79 Å². The Labute approximate surface area is 119 Å². The van der Waals surface area contributed by atoms with Crippen molar-refractivity contribution in [3.05, 3.63) is 29.6 Å². The maximum atomic E-state index is 13.6. The first kappa shape index (κ1) is 14.8. The van der Waals surface area contributed by atoms with E-state index in [1.807, 2.05) is 0 Å². The summed E-state index contributed by atoms with van der Waals surface area (Å²) in [6.07, 6.45) is 2.42. The van der Waals surface area contributed by atoms with Gasteiger partial charge in [-0.2, -0.15) is 0 Å². The Morgan fingerprint density at radius 3 is 2.80 bits per heavy atom. The molecule has 0 unspecified atom stereocenters. The number of likely N-dealkylation sites (tertiary alicyclic amines) is 1. The normalized spacial score (nSPS) is 17.1. The zero-order valence-corrected chi connectivity index (χ0v) is 11.9. The summed E-state index contributed by atoms with van der Waals surface area (Å²) in [5, 5.41) is 2.76. The molecule has 5 heteroatoms. The zero-order valence-electron chi connectivity index (χ0n) is 11.9. The number of carbonyl (C=O) groups excluding carboxylic acids is 1. The molecule has 1 amide bonds. The van der Waals surface area contributed by atoms with E-state index in [1.165, 1.54) is 31.0 Å². The van der Waals surface area contributed by atoms with Crippen LogP contribution in [-0.4, -0.2) is 37.0 Å². The lowest BCUT2D eigenvalue weighted by molar-refractivity contribution is 0.0940. The van der Waals surface area contributed by atoms with Crippen LogP contribution in [0.25, 0.3) is 0 Å². The topological polar surface area (TPSA) is 58.4 Å². The van der Waals surface area contributed by atoms with Crippen LogP contribution in [0.15, 0.2) is 18.2 Å². The highest BCUT2D eigenvalue weighted by atomic mass is 19.1. The van der Waals surface area contributed by atoms with Crippen molar-refractivity contribution in [2.24, 2.45) is 5.92 Å². The molecule has 0 spiro atoms. The summed E-state index contributed by atoms with van der Waals surface area (Å²) in [6.45, 7) is 5.77. The number of rotatable bonds is 4. The minimum absolute atomic E-state index is 0.0477. The van der Waals surface area contributed by atoms with Crippen molar-refractivity contribution in [1.29, 1.82) is 0 Å². The fourth-order valence-corrected chi connectivity index (χ4v) is 2.42. The molecule has 1 fully saturated rings. The molecule has 20 heavy (non-hydrogen) atoms. The van der Waals surface area contributed by atoms with Crippen LogP contribution in [0.4, 0.5) is 10.1 Å². The second kappa shape index (κ2) is 6.70. The molecule has 0 atom stereocenters. The Morgan fingerprint density at radius 1 is 1.45 bits per heavy atom. The molecule has 110 valence electrons. The molecule has 3 N–H and O–H groups in total. The van der Waals surface area contributed by atoms with Crippen molar-refractivity contribution in [3.8, 4) is 0 Å². The van der Waals surface area contributed by atoms with Crippen molar-refractivity contribution < 1.29 is 9.18 Å². The first-order chi connectivity index (χ1) is 9.56. The van der Waals surface area contributed by atoms with E-state index >= 15 is 0 Å². The fraction of sp³-hybridized carbons (Fsp3) is 0.533. The molecule has 1 saturated heterocycles. The summed E-state index contributed by atoms with van der Waals surface area (Å²) < 4.78 is 13.6. The quantitative estimate of drug-likeness (QED) is 0.827. The van der Waals surface area contributed by atoms with Gasteiger partial charge in [-0.15, -0.1) is 0 Å². The Kier molecular flexibility index (Phi) is 4.95. The molecular formula is C15H22FN3O. The molecule has 1 aliphatic heterocycles. The number of amides is 1. The van der Waals surface area contributed by atoms with Crippen LogP contribution in [0.2, 0.25) is 0 Å². The van der Waals surface area contributed by atoms with E-state index in [4.69, 9.17) is 5.73 Å². The second-order valence-corrected chi connectivity index (χ2v) is 5.52. The molecule has 0 bridgehead atoms. The first-order valence-electron chi connectivity index (χ1n) is 7.12. The predicted octanol–water partition coefficient (Wildman–Crippen LogP) is 1.87. The number of hydrogen-bond donors (Lipinski definition) is 2. The molecule has 0 aromatic heterocycles. The summed E-state index contributed by atoms with van der Waals surface area (Å²) in [6, 6.07) is 4.12. The van der Waals surface area contributed by atoms with E-state index in [9.17, 15) is 9.18 Å². The van der Waals surface area contributed by atoms with Gasteiger partial charge in [0.05, 0.1) is 5.56 Å². The van der Waals surface area contributed by atoms with Gasteiger partial charge in [-0.25, -0.2) is 4.39 Å². The van der Waals surface area contributed by atoms with Crippen molar-refractivity contribution in [2.45, 2.75) is 19.8 Å². The molecule has 0 saturated carbocycles. The van der Waals surface area contributed by atoms with E-state index in [0.717, 1.165) is 25.6 Å². The third kappa shape index (κ3) is 3.93. The van der Waals surface area contributed by atoms with E-state index < -0.39 is 5.82 Å². The maximum Gasteiger partial charge on any atom is 0.254 e. The molecule has 4 nitrogen and oxygen atoms in total. The molecular weight excluding hydrogens is 257 g/mol. The van der Waals surface area contributed by atoms with Gasteiger partial charge in [0.1, 0.15) is 5.82 Å². The Hall–Kier alpha value is -1.62. The number of benzene rings is 1. The molecule has 1 heterocycles. The zero-order chi connectivity index (χ0) is 14.5. The lowest BCUT2D eigenvalue weighted by Crippen LogP contribution is -2.39. The van der Waals surface area contributed by atoms with E-state index in [0.29, 0.717) is 12.2 Å². The Bertz CT molecular complexity index is 470. The lowest BCUT2D eigenvalue weighted by atomic mass is 9.99. The predicted molar refractivity (Wildman–Crippen MR) is 78.0 cm³/mol. The van der Waals surface area contributed by atoms with Crippen molar-refractivity contribution in [3.63, 3.8) is 0 Å². The average molecular weight is 279 g/mol. The standard InChI is InChI=1S/C15H22FN3O/c1-11-4-7-19(8-5-11)9-6-18-15(20)13-3-2-12(17)10-14(13)16/h2-3,10-11H,4-9,17H2,1H3,(H,18,20). The number of nitrogens with zero attached hydrogens (tertiary/aromatic N) is 1. The molecule has 1 aromatic rings. The van der Waals surface area contributed by atoms with Crippen molar-refractivity contribution >= 4 is 11.6 Å². The van der Waals surface area contributed by atoms with E-state index in [2.05, 4.69) is 17.1 Å². The number of nitrogens with one attached hydrogen (secondary N) is 1. The summed E-state index contributed by atoms with van der Waals surface area (Å²) >= 11 is 0. The highest BCUT2D eigenvalue weighted by Gasteiger charge is 2.16. The molecule has 1 aliphatic rings. The van der Waals surface area contributed by atoms with Gasteiger partial charge >= 0.3 is 0 Å². The smallest absolute Gasteiger partial charge is 0.254 e. The summed E-state index contributed by atoms with van der Waals surface area (Å²) in [4.78, 5) is 14.2. The van der Waals surface area contributed by atoms with Gasteiger partial charge in [0.2, 0.25) is 0 Å². The maximum absolute atomic E-state index is 13.6. The fourth-order valence-electron chi connectivity index (χ4n) is 2.42. The number of carbonyl (C=O) groups is 1. The van der Waals surface area contributed by atoms with Gasteiger partial charge < -0.3 is 16.0 Å². The number of halogens is 1. The Morgan fingerprint density at radius 2 is 2.15 bits per heavy atom. The van der Waals surface area contributed by atoms with Gasteiger partial charge in [0, 0.05) is 18.8 Å². The number of hydrogen-bond acceptors (Lipinski definition) is 3. The van der Waals surface area contributed by atoms with Crippen LogP contribution in [0.3, 0.4) is 0 Å². The molecule has 0 radical (unpaired) electrons. The minimum atomic E-state index is -0.575. The minimum Gasteiger partial charge on any atom is -0.399 e. The van der Waals surface area contributed by atoms with Crippen LogP contribution in [0.1, 0.15) is 30.1 Å². The molecule has 1 aromatic carbocycles. The van der Waals surface area contributed by atoms with Gasteiger partial charge in [-0.1, -0.05) is 6.92 Å². The third-order valence-electron chi connectivity index (χ3n) is 3.83. The molecule has 0 aliphatic carbocycles. The summed E-state index contributed by atoms with van der Waals surface area (Å²) in [7, 11) is 0. The van der Waals surface area contributed by atoms with Crippen molar-refractivity contribution in [2.75, 3.05) is 31.9 Å². The number of nitrogens with two attached hydrogens (primary N) is 1. The van der Waals surface area contributed by atoms with Crippen LogP contribution in [0.5, 0.6) is 0 Å². The third-order valence-corrected chi connectivity index (χ3v) is 3.83. The van der Waals surface area contributed by atoms with Gasteiger partial charge in [0.25, 0.3) is 5.91 Å². The SMILES string of the molecule is CC1CCN(CCNC(=O)c2ccc(N)cc2F)CC1. The number of piperidine rings is 1. The highest BCUT2D eigenvalue weighted by Crippen LogP contribution is 2.15. The van der Waals surface area contributed by atoms with Crippen LogP contribution in [0, 0.1) is 11.7 Å². The van der Waals surface area contributed by atoms with Crippen molar-refractivity contribution in [1.82, 2.24) is 10.2 Å². The van der Waals surface area contributed by atoms with Crippen LogP contribution in [-0.2, 0) is 0 Å². The van der Waals surface area contributed by atoms with Crippen LogP contribution >= 0.6 is 0 Å². The van der Waals surface area contributed by atoms with E-state index in [1.54, 1.807) is 0 Å². The number of anilines is 1. The summed E-state index contributed by atoms with van der Waals surface area (Å²) in [5.41, 5.74) is 5.83. The average Bonchev–Trinajstić information content (AvgIpc) is 2.41. The Balaban J connectivity index is 1.77. The van der Waals surface area contributed by atoms with Gasteiger partial charge in [-0.05, 0) is 50.0 Å². The monoisotopic (exact) mass is 279 g/mol. The highest BCUT2D eigenvalue weighted by molar-refractivity contribution is 5.94. The first-order valence-corrected chi connectivity index (χ1v) is 7.12. The lowest BCUT2D eigenvalue weighted by Gasteiger charge is -2.30. The second-order valence-electron chi connectivity index (χ2n) is 5.52. The van der Waals surface area contributed by atoms with Gasteiger partial charge in [0.15, 0.2) is 0 Å².